The lowest BCUT2D eigenvalue weighted by molar-refractivity contribution is 0.310. The van der Waals surface area contributed by atoms with E-state index in [1.165, 1.54) is 6.42 Å². The normalized spacial score (nSPS) is 15.1. The maximum absolute atomic E-state index is 11.4. The zero-order valence-corrected chi connectivity index (χ0v) is 8.51. The molecule has 0 heterocycles. The van der Waals surface area contributed by atoms with Crippen LogP contribution in [0.25, 0.3) is 0 Å². The van der Waals surface area contributed by atoms with Gasteiger partial charge >= 0.3 is 0 Å². The summed E-state index contributed by atoms with van der Waals surface area (Å²) in [7, 11) is -2.52. The molecule has 1 unspecified atom stereocenters. The van der Waals surface area contributed by atoms with E-state index in [4.69, 9.17) is 9.79 Å². The Labute approximate surface area is 74.2 Å². The van der Waals surface area contributed by atoms with Crippen molar-refractivity contribution in [3.05, 3.63) is 6.42 Å². The van der Waals surface area contributed by atoms with Crippen LogP contribution >= 0.6 is 7.37 Å². The SMILES string of the molecule is CCCCOP(C)(=O)C[CH]C#N. The van der Waals surface area contributed by atoms with Crippen molar-refractivity contribution in [3.8, 4) is 6.07 Å². The van der Waals surface area contributed by atoms with Gasteiger partial charge in [-0.3, -0.25) is 4.57 Å². The molecule has 1 atom stereocenters. The summed E-state index contributed by atoms with van der Waals surface area (Å²) in [5.74, 6) is 0. The van der Waals surface area contributed by atoms with Gasteiger partial charge < -0.3 is 4.52 Å². The van der Waals surface area contributed by atoms with Crippen molar-refractivity contribution in [2.24, 2.45) is 0 Å². The fourth-order valence-corrected chi connectivity index (χ4v) is 1.70. The van der Waals surface area contributed by atoms with Crippen molar-refractivity contribution in [2.45, 2.75) is 19.8 Å². The van der Waals surface area contributed by atoms with Gasteiger partial charge in [0.15, 0.2) is 0 Å². The molecule has 0 N–H and O–H groups in total. The zero-order chi connectivity index (χ0) is 9.45. The van der Waals surface area contributed by atoms with Crippen molar-refractivity contribution >= 4 is 7.37 Å². The fraction of sp³-hybridized carbons (Fsp3) is 0.750. The average molecular weight is 188 g/mol. The Morgan fingerprint density at radius 1 is 1.67 bits per heavy atom. The molecule has 0 bridgehead atoms. The van der Waals surface area contributed by atoms with Gasteiger partial charge in [-0.2, -0.15) is 5.26 Å². The first-order chi connectivity index (χ1) is 5.62. The highest BCUT2D eigenvalue weighted by molar-refractivity contribution is 7.58. The second kappa shape index (κ2) is 6.22. The third-order valence-electron chi connectivity index (χ3n) is 1.38. The van der Waals surface area contributed by atoms with Gasteiger partial charge in [0.25, 0.3) is 0 Å². The molecule has 0 aromatic rings. The lowest BCUT2D eigenvalue weighted by Gasteiger charge is -2.10. The summed E-state index contributed by atoms with van der Waals surface area (Å²) in [6, 6.07) is 1.84. The minimum Gasteiger partial charge on any atom is -0.329 e. The molecule has 0 aliphatic heterocycles. The topological polar surface area (TPSA) is 50.1 Å². The van der Waals surface area contributed by atoms with Gasteiger partial charge in [-0.25, -0.2) is 0 Å². The molecule has 0 aliphatic rings. The van der Waals surface area contributed by atoms with Crippen LogP contribution in [-0.2, 0) is 9.09 Å². The smallest absolute Gasteiger partial charge is 0.201 e. The highest BCUT2D eigenvalue weighted by Gasteiger charge is 2.14. The largest absolute Gasteiger partial charge is 0.329 e. The first kappa shape index (κ1) is 11.7. The lowest BCUT2D eigenvalue weighted by atomic mass is 10.4. The fourth-order valence-electron chi connectivity index (χ4n) is 0.661. The Balaban J connectivity index is 3.58. The van der Waals surface area contributed by atoms with E-state index < -0.39 is 7.37 Å². The van der Waals surface area contributed by atoms with Crippen LogP contribution in [0.3, 0.4) is 0 Å². The molecule has 69 valence electrons. The molecule has 0 saturated heterocycles. The van der Waals surface area contributed by atoms with Crippen LogP contribution in [0.5, 0.6) is 0 Å². The van der Waals surface area contributed by atoms with Crippen LogP contribution in [0.2, 0.25) is 0 Å². The van der Waals surface area contributed by atoms with E-state index in [9.17, 15) is 4.57 Å². The van der Waals surface area contributed by atoms with Gasteiger partial charge in [0.2, 0.25) is 7.37 Å². The van der Waals surface area contributed by atoms with Crippen molar-refractivity contribution in [2.75, 3.05) is 19.4 Å². The number of nitriles is 1. The quantitative estimate of drug-likeness (QED) is 0.475. The van der Waals surface area contributed by atoms with E-state index in [0.717, 1.165) is 12.8 Å². The number of unbranched alkanes of at least 4 members (excludes halogenated alkanes) is 1. The summed E-state index contributed by atoms with van der Waals surface area (Å²) in [4.78, 5) is 0. The van der Waals surface area contributed by atoms with Crippen LogP contribution in [0.4, 0.5) is 0 Å². The average Bonchev–Trinajstić information content (AvgIpc) is 2.01. The molecular weight excluding hydrogens is 173 g/mol. The van der Waals surface area contributed by atoms with Crippen LogP contribution < -0.4 is 0 Å². The Bertz CT molecular complexity index is 198. The maximum Gasteiger partial charge on any atom is 0.201 e. The second-order valence-corrected chi connectivity index (χ2v) is 5.37. The Kier molecular flexibility index (Phi) is 6.06. The van der Waals surface area contributed by atoms with Gasteiger partial charge in [-0.1, -0.05) is 13.3 Å². The van der Waals surface area contributed by atoms with Gasteiger partial charge in [0.05, 0.1) is 19.1 Å². The van der Waals surface area contributed by atoms with Crippen molar-refractivity contribution in [1.29, 1.82) is 5.26 Å². The van der Waals surface area contributed by atoms with E-state index in [1.54, 1.807) is 6.66 Å². The molecular formula is C8H15NO2P. The molecule has 0 aromatic heterocycles. The predicted molar refractivity (Wildman–Crippen MR) is 49.2 cm³/mol. The summed E-state index contributed by atoms with van der Waals surface area (Å²) in [6.45, 7) is 4.14. The molecule has 1 radical (unpaired) electrons. The molecule has 0 rings (SSSR count). The molecule has 0 fully saturated rings. The standard InChI is InChI=1S/C8H15NO2P/c1-3-4-7-11-12(2,10)8-5-6-9/h5H,3-4,7-8H2,1-2H3. The van der Waals surface area contributed by atoms with Gasteiger partial charge in [-0.15, -0.1) is 0 Å². The van der Waals surface area contributed by atoms with Crippen LogP contribution in [0.1, 0.15) is 19.8 Å². The third kappa shape index (κ3) is 6.39. The minimum absolute atomic E-state index is 0.257. The minimum atomic E-state index is -2.52. The molecule has 4 heteroatoms. The summed E-state index contributed by atoms with van der Waals surface area (Å²) in [5, 5.41) is 8.22. The number of rotatable bonds is 6. The predicted octanol–water partition coefficient (Wildman–Crippen LogP) is 2.44. The monoisotopic (exact) mass is 188 g/mol. The summed E-state index contributed by atoms with van der Waals surface area (Å²) < 4.78 is 16.6. The molecule has 0 saturated carbocycles. The highest BCUT2D eigenvalue weighted by Crippen LogP contribution is 2.42. The van der Waals surface area contributed by atoms with Gasteiger partial charge in [0.1, 0.15) is 0 Å². The van der Waals surface area contributed by atoms with Gasteiger partial charge in [-0.05, 0) is 6.42 Å². The number of hydrogen-bond donors (Lipinski definition) is 0. The van der Waals surface area contributed by atoms with E-state index in [2.05, 4.69) is 0 Å². The molecule has 0 aliphatic carbocycles. The molecule has 0 spiro atoms. The molecule has 0 amide bonds. The number of hydrogen-bond acceptors (Lipinski definition) is 3. The highest BCUT2D eigenvalue weighted by atomic mass is 31.2. The lowest BCUT2D eigenvalue weighted by Crippen LogP contribution is -1.95. The van der Waals surface area contributed by atoms with E-state index in [-0.39, 0.29) is 6.16 Å². The van der Waals surface area contributed by atoms with Crippen LogP contribution in [0, 0.1) is 17.8 Å². The first-order valence-corrected chi connectivity index (χ1v) is 6.30. The zero-order valence-electron chi connectivity index (χ0n) is 7.62. The number of nitrogens with zero attached hydrogens (tertiary/aromatic N) is 1. The van der Waals surface area contributed by atoms with Gasteiger partial charge in [0, 0.05) is 12.8 Å². The van der Waals surface area contributed by atoms with Crippen molar-refractivity contribution in [1.82, 2.24) is 0 Å². The summed E-state index contributed by atoms with van der Waals surface area (Å²) >= 11 is 0. The Morgan fingerprint density at radius 2 is 2.33 bits per heavy atom. The van der Waals surface area contributed by atoms with Crippen LogP contribution in [-0.4, -0.2) is 19.4 Å². The maximum atomic E-state index is 11.4. The molecule has 3 nitrogen and oxygen atoms in total. The van der Waals surface area contributed by atoms with E-state index >= 15 is 0 Å². The Morgan fingerprint density at radius 3 is 2.83 bits per heavy atom. The van der Waals surface area contributed by atoms with Crippen molar-refractivity contribution < 1.29 is 9.09 Å². The second-order valence-electron chi connectivity index (χ2n) is 2.72. The van der Waals surface area contributed by atoms with Crippen molar-refractivity contribution in [3.63, 3.8) is 0 Å². The molecule has 0 aromatic carbocycles. The van der Waals surface area contributed by atoms with Crippen LogP contribution in [0.15, 0.2) is 0 Å². The summed E-state index contributed by atoms with van der Waals surface area (Å²) in [6.07, 6.45) is 3.53. The Hall–Kier alpha value is -0.320. The summed E-state index contributed by atoms with van der Waals surface area (Å²) in [5.41, 5.74) is 0. The molecule has 12 heavy (non-hydrogen) atoms. The first-order valence-electron chi connectivity index (χ1n) is 4.04. The third-order valence-corrected chi connectivity index (χ3v) is 2.95. The van der Waals surface area contributed by atoms with E-state index in [0.29, 0.717) is 6.61 Å². The van der Waals surface area contributed by atoms with E-state index in [1.807, 2.05) is 13.0 Å².